The Bertz CT molecular complexity index is 1740. The molecule has 1 heterocycles. The summed E-state index contributed by atoms with van der Waals surface area (Å²) in [6, 6.07) is 0.162. The lowest BCUT2D eigenvalue weighted by Gasteiger charge is -2.25. The molecule has 1 saturated heterocycles. The van der Waals surface area contributed by atoms with Crippen LogP contribution in [0.1, 0.15) is 51.7 Å². The highest BCUT2D eigenvalue weighted by Crippen LogP contribution is 2.10. The molecule has 7 atom stereocenters. The lowest BCUT2D eigenvalue weighted by atomic mass is 10.0. The van der Waals surface area contributed by atoms with Crippen LogP contribution in [0, 0.1) is 12.8 Å². The number of nitrogens with two attached hydrogens (primary N) is 1. The molecule has 1 aromatic carbocycles. The fourth-order valence-corrected chi connectivity index (χ4v) is 5.72. The molecule has 0 aromatic heterocycles. The molecule has 0 saturated carbocycles. The van der Waals surface area contributed by atoms with Gasteiger partial charge in [-0.15, -0.1) is 0 Å². The summed E-state index contributed by atoms with van der Waals surface area (Å²) in [4.78, 5) is 129. The van der Waals surface area contributed by atoms with Gasteiger partial charge in [-0.1, -0.05) is 43.7 Å². The summed E-state index contributed by atoms with van der Waals surface area (Å²) in [6.45, 7) is 4.35. The van der Waals surface area contributed by atoms with E-state index in [1.54, 1.807) is 38.1 Å². The fourth-order valence-electron chi connectivity index (χ4n) is 5.72. The third kappa shape index (κ3) is 18.7. The van der Waals surface area contributed by atoms with Gasteiger partial charge in [-0.25, -0.2) is 0 Å². The Kier molecular flexibility index (Phi) is 21.2. The van der Waals surface area contributed by atoms with Crippen molar-refractivity contribution in [3.63, 3.8) is 0 Å². The van der Waals surface area contributed by atoms with Crippen LogP contribution in [0.15, 0.2) is 24.3 Å². The number of amides is 10. The van der Waals surface area contributed by atoms with Crippen molar-refractivity contribution in [1.82, 2.24) is 53.2 Å². The van der Waals surface area contributed by atoms with E-state index in [0.717, 1.165) is 5.56 Å². The summed E-state index contributed by atoms with van der Waals surface area (Å²) in [5.74, 6) is -8.62. The van der Waals surface area contributed by atoms with Crippen molar-refractivity contribution < 1.29 is 58.2 Å². The van der Waals surface area contributed by atoms with Crippen molar-refractivity contribution in [1.29, 1.82) is 0 Å². The number of aliphatic hydroxyl groups excluding tert-OH is 2. The number of nitrogens with one attached hydrogen (secondary N) is 10. The van der Waals surface area contributed by atoms with Crippen LogP contribution in [0.2, 0.25) is 0 Å². The summed E-state index contributed by atoms with van der Waals surface area (Å²) in [5, 5.41) is 44.0. The molecule has 2 rings (SSSR count). The Balaban J connectivity index is 2.41. The van der Waals surface area contributed by atoms with Crippen molar-refractivity contribution in [2.75, 3.05) is 39.3 Å². The molecule has 23 heteroatoms. The molecule has 10 amide bonds. The number of benzene rings is 1. The second-order valence-electron chi connectivity index (χ2n) is 14.9. The number of carbonyl (C=O) groups excluding carboxylic acids is 10. The molecular weight excluding hydrogens is 802 g/mol. The summed E-state index contributed by atoms with van der Waals surface area (Å²) in [6.07, 6.45) is -3.07. The van der Waals surface area contributed by atoms with E-state index in [9.17, 15) is 58.2 Å². The first kappa shape index (κ1) is 50.9. The van der Waals surface area contributed by atoms with Gasteiger partial charge in [0, 0.05) is 13.0 Å². The smallest absolute Gasteiger partial charge is 0.245 e. The Hall–Kier alpha value is -6.20. The SMILES string of the molecule is Cc1ccc(CC2NC(=O)CNC(=O)C(NC(=O)CNC(=O)C(NC(=O)CN)C(C)O)CCNC(=O)C(C(C)O)NC(=O)CNC(=O)CNC(=O)C(CC(C)C)NC2=O)cc1. The molecule has 0 spiro atoms. The summed E-state index contributed by atoms with van der Waals surface area (Å²) in [5.41, 5.74) is 6.84. The average molecular weight is 862 g/mol. The van der Waals surface area contributed by atoms with Crippen LogP contribution in [-0.4, -0.2) is 151 Å². The van der Waals surface area contributed by atoms with E-state index in [2.05, 4.69) is 53.2 Å². The third-order valence-corrected chi connectivity index (χ3v) is 9.00. The third-order valence-electron chi connectivity index (χ3n) is 9.00. The predicted molar refractivity (Wildman–Crippen MR) is 216 cm³/mol. The van der Waals surface area contributed by atoms with Gasteiger partial charge in [0.2, 0.25) is 59.1 Å². The molecule has 7 unspecified atom stereocenters. The van der Waals surface area contributed by atoms with Crippen LogP contribution in [0.25, 0.3) is 0 Å². The first-order valence-corrected chi connectivity index (χ1v) is 19.7. The Labute approximate surface area is 352 Å². The minimum atomic E-state index is -1.54. The molecule has 0 radical (unpaired) electrons. The van der Waals surface area contributed by atoms with Gasteiger partial charge in [0.05, 0.1) is 44.9 Å². The maximum atomic E-state index is 13.8. The second kappa shape index (κ2) is 25.4. The molecule has 61 heavy (non-hydrogen) atoms. The highest BCUT2D eigenvalue weighted by Gasteiger charge is 2.31. The van der Waals surface area contributed by atoms with Crippen LogP contribution >= 0.6 is 0 Å². The Morgan fingerprint density at radius 3 is 1.95 bits per heavy atom. The predicted octanol–water partition coefficient (Wildman–Crippen LogP) is -6.29. The van der Waals surface area contributed by atoms with E-state index >= 15 is 0 Å². The summed E-state index contributed by atoms with van der Waals surface area (Å²) in [7, 11) is 0. The molecule has 23 nitrogen and oxygen atoms in total. The number of hydrogen-bond donors (Lipinski definition) is 13. The van der Waals surface area contributed by atoms with E-state index in [1.165, 1.54) is 13.8 Å². The van der Waals surface area contributed by atoms with Gasteiger partial charge in [0.15, 0.2) is 0 Å². The first-order valence-electron chi connectivity index (χ1n) is 19.7. The minimum Gasteiger partial charge on any atom is -0.391 e. The van der Waals surface area contributed by atoms with Gasteiger partial charge in [0.1, 0.15) is 30.2 Å². The largest absolute Gasteiger partial charge is 0.391 e. The van der Waals surface area contributed by atoms with E-state index in [0.29, 0.717) is 5.56 Å². The average Bonchev–Trinajstić information content (AvgIpc) is 3.20. The maximum absolute atomic E-state index is 13.8. The molecule has 1 fully saturated rings. The molecule has 14 N–H and O–H groups in total. The molecule has 1 aromatic rings. The number of aliphatic hydroxyl groups is 2. The van der Waals surface area contributed by atoms with Crippen LogP contribution < -0.4 is 58.9 Å². The number of rotatable bonds is 12. The zero-order valence-corrected chi connectivity index (χ0v) is 34.8. The second-order valence-corrected chi connectivity index (χ2v) is 14.9. The Morgan fingerprint density at radius 2 is 1.34 bits per heavy atom. The van der Waals surface area contributed by atoms with Crippen LogP contribution in [0.3, 0.4) is 0 Å². The van der Waals surface area contributed by atoms with E-state index in [1.807, 2.05) is 6.92 Å². The van der Waals surface area contributed by atoms with Crippen molar-refractivity contribution in [2.45, 2.75) is 96.3 Å². The van der Waals surface area contributed by atoms with Crippen molar-refractivity contribution in [3.8, 4) is 0 Å². The maximum Gasteiger partial charge on any atom is 0.245 e. The van der Waals surface area contributed by atoms with Gasteiger partial charge in [-0.05, 0) is 45.1 Å². The fraction of sp³-hybridized carbons (Fsp3) is 0.579. The summed E-state index contributed by atoms with van der Waals surface area (Å²) < 4.78 is 0. The minimum absolute atomic E-state index is 0.0321. The van der Waals surface area contributed by atoms with Gasteiger partial charge >= 0.3 is 0 Å². The zero-order valence-electron chi connectivity index (χ0n) is 34.8. The lowest BCUT2D eigenvalue weighted by Crippen LogP contribution is -2.57. The van der Waals surface area contributed by atoms with Crippen molar-refractivity contribution >= 4 is 59.1 Å². The highest BCUT2D eigenvalue weighted by atomic mass is 16.3. The molecule has 1 aliphatic heterocycles. The molecular formula is C38H59N11O12. The van der Waals surface area contributed by atoms with Crippen LogP contribution in [0.4, 0.5) is 0 Å². The van der Waals surface area contributed by atoms with Crippen LogP contribution in [-0.2, 0) is 54.4 Å². The normalized spacial score (nSPS) is 22.0. The molecule has 338 valence electrons. The number of hydrogen-bond acceptors (Lipinski definition) is 13. The van der Waals surface area contributed by atoms with E-state index < -0.39 is 134 Å². The van der Waals surface area contributed by atoms with Crippen LogP contribution in [0.5, 0.6) is 0 Å². The van der Waals surface area contributed by atoms with E-state index in [-0.39, 0.29) is 31.7 Å². The number of aryl methyl sites for hydroxylation is 1. The molecule has 0 bridgehead atoms. The molecule has 1 aliphatic rings. The van der Waals surface area contributed by atoms with Gasteiger partial charge in [-0.2, -0.15) is 0 Å². The van der Waals surface area contributed by atoms with Gasteiger partial charge < -0.3 is 69.1 Å². The van der Waals surface area contributed by atoms with Gasteiger partial charge in [-0.3, -0.25) is 47.9 Å². The zero-order chi connectivity index (χ0) is 45.8. The topological polar surface area (TPSA) is 357 Å². The highest BCUT2D eigenvalue weighted by molar-refractivity contribution is 5.96. The standard InChI is InChI=1S/C38H59N11O12/c1-19(2)12-25-35(58)42-15-28(53)41-16-31(56)49-32(21(4)50)37(60)40-11-10-24(45-29(54)18-44-38(61)33(22(5)51)48-27(52)14-39)34(57)43-17-30(55)46-26(36(59)47-25)13-23-8-6-20(3)7-9-23/h6-9,19,21-22,24-26,32-33,50-51H,10-18,39H2,1-5H3,(H,40,60)(H,41,53)(H,42,58)(H,43,57)(H,44,61)(H,45,54)(H,46,55)(H,47,59)(H,48,52)(H,49,56). The Morgan fingerprint density at radius 1 is 0.738 bits per heavy atom. The van der Waals surface area contributed by atoms with Gasteiger partial charge in [0.25, 0.3) is 0 Å². The van der Waals surface area contributed by atoms with E-state index in [4.69, 9.17) is 5.73 Å². The van der Waals surface area contributed by atoms with Crippen molar-refractivity contribution in [3.05, 3.63) is 35.4 Å². The number of carbonyl (C=O) groups is 10. The van der Waals surface area contributed by atoms with Crippen molar-refractivity contribution in [2.24, 2.45) is 11.7 Å². The molecule has 0 aliphatic carbocycles. The monoisotopic (exact) mass is 861 g/mol. The quantitative estimate of drug-likeness (QED) is 0.0932. The lowest BCUT2D eigenvalue weighted by molar-refractivity contribution is -0.134. The first-order chi connectivity index (χ1) is 28.7. The summed E-state index contributed by atoms with van der Waals surface area (Å²) >= 11 is 0.